The van der Waals surface area contributed by atoms with E-state index in [-0.39, 0.29) is 0 Å². The van der Waals surface area contributed by atoms with Gasteiger partial charge in [0.2, 0.25) is 5.95 Å². The van der Waals surface area contributed by atoms with Gasteiger partial charge in [-0.15, -0.1) is 0 Å². The van der Waals surface area contributed by atoms with Crippen molar-refractivity contribution in [1.82, 2.24) is 9.97 Å². The van der Waals surface area contributed by atoms with Crippen molar-refractivity contribution < 1.29 is 0 Å². The molecule has 0 unspecified atom stereocenters. The zero-order valence-electron chi connectivity index (χ0n) is 11.7. The van der Waals surface area contributed by atoms with Gasteiger partial charge in [-0.3, -0.25) is 0 Å². The maximum atomic E-state index is 5.74. The average Bonchev–Trinajstić information content (AvgIpc) is 2.35. The quantitative estimate of drug-likeness (QED) is 0.914. The van der Waals surface area contributed by atoms with Crippen LogP contribution in [0.15, 0.2) is 36.4 Å². The lowest BCUT2D eigenvalue weighted by Gasteiger charge is -2.28. The number of nitrogen functional groups attached to an aromatic ring is 1. The van der Waals surface area contributed by atoms with Crippen molar-refractivity contribution in [1.29, 1.82) is 0 Å². The van der Waals surface area contributed by atoms with E-state index in [2.05, 4.69) is 40.8 Å². The maximum absolute atomic E-state index is 5.74. The summed E-state index contributed by atoms with van der Waals surface area (Å²) in [7, 11) is 0. The van der Waals surface area contributed by atoms with Crippen LogP contribution in [0, 0.1) is 6.92 Å². The standard InChI is InChI=1S/C15H20N4/c1-11(2)19(10-13-7-5-4-6-8-13)14-9-12(3)17-15(16)18-14/h4-9,11H,10H2,1-3H3,(H2,16,17,18). The lowest BCUT2D eigenvalue weighted by atomic mass is 10.2. The minimum atomic E-state index is 0.328. The Balaban J connectivity index is 2.30. The molecular weight excluding hydrogens is 236 g/mol. The molecule has 0 bridgehead atoms. The molecular formula is C15H20N4. The number of hydrogen-bond acceptors (Lipinski definition) is 4. The highest BCUT2D eigenvalue weighted by molar-refractivity contribution is 5.44. The molecule has 0 amide bonds. The molecule has 4 heteroatoms. The van der Waals surface area contributed by atoms with Crippen LogP contribution in [0.5, 0.6) is 0 Å². The van der Waals surface area contributed by atoms with Crippen molar-refractivity contribution >= 4 is 11.8 Å². The Hall–Kier alpha value is -2.10. The van der Waals surface area contributed by atoms with Crippen molar-refractivity contribution in [3.05, 3.63) is 47.7 Å². The molecule has 0 saturated heterocycles. The van der Waals surface area contributed by atoms with Gasteiger partial charge in [0.1, 0.15) is 5.82 Å². The Morgan fingerprint density at radius 3 is 2.42 bits per heavy atom. The molecule has 1 aromatic heterocycles. The van der Waals surface area contributed by atoms with Crippen molar-refractivity contribution in [2.24, 2.45) is 0 Å². The Morgan fingerprint density at radius 2 is 1.84 bits per heavy atom. The minimum absolute atomic E-state index is 0.328. The zero-order valence-corrected chi connectivity index (χ0v) is 11.7. The van der Waals surface area contributed by atoms with Gasteiger partial charge in [0.25, 0.3) is 0 Å². The number of rotatable bonds is 4. The summed E-state index contributed by atoms with van der Waals surface area (Å²) in [6.45, 7) is 7.05. The van der Waals surface area contributed by atoms with Crippen molar-refractivity contribution in [3.8, 4) is 0 Å². The van der Waals surface area contributed by atoms with E-state index >= 15 is 0 Å². The molecule has 0 spiro atoms. The van der Waals surface area contributed by atoms with Gasteiger partial charge in [0.15, 0.2) is 0 Å². The fraction of sp³-hybridized carbons (Fsp3) is 0.333. The van der Waals surface area contributed by atoms with Crippen LogP contribution in [-0.2, 0) is 6.54 Å². The number of aromatic nitrogens is 2. The Labute approximate surface area is 114 Å². The molecule has 0 fully saturated rings. The molecule has 0 aliphatic rings. The summed E-state index contributed by atoms with van der Waals surface area (Å²) < 4.78 is 0. The Morgan fingerprint density at radius 1 is 1.16 bits per heavy atom. The monoisotopic (exact) mass is 256 g/mol. The van der Waals surface area contributed by atoms with Crippen LogP contribution in [0.1, 0.15) is 25.1 Å². The number of nitrogens with two attached hydrogens (primary N) is 1. The van der Waals surface area contributed by atoms with E-state index in [0.29, 0.717) is 12.0 Å². The number of benzene rings is 1. The van der Waals surface area contributed by atoms with E-state index in [4.69, 9.17) is 5.73 Å². The van der Waals surface area contributed by atoms with Crippen molar-refractivity contribution in [2.75, 3.05) is 10.6 Å². The largest absolute Gasteiger partial charge is 0.368 e. The van der Waals surface area contributed by atoms with E-state index in [1.54, 1.807) is 0 Å². The number of anilines is 2. The fourth-order valence-corrected chi connectivity index (χ4v) is 2.03. The van der Waals surface area contributed by atoms with Crippen LogP contribution in [0.3, 0.4) is 0 Å². The first kappa shape index (κ1) is 13.3. The molecule has 0 saturated carbocycles. The second-order valence-corrected chi connectivity index (χ2v) is 4.93. The minimum Gasteiger partial charge on any atom is -0.368 e. The molecule has 0 atom stereocenters. The van der Waals surface area contributed by atoms with E-state index in [0.717, 1.165) is 18.1 Å². The summed E-state index contributed by atoms with van der Waals surface area (Å²) in [5, 5.41) is 0. The summed E-state index contributed by atoms with van der Waals surface area (Å²) in [6.07, 6.45) is 0. The molecule has 1 aromatic carbocycles. The van der Waals surface area contributed by atoms with Crippen molar-refractivity contribution in [2.45, 2.75) is 33.4 Å². The van der Waals surface area contributed by atoms with Gasteiger partial charge in [-0.25, -0.2) is 4.98 Å². The predicted molar refractivity (Wildman–Crippen MR) is 78.9 cm³/mol. The summed E-state index contributed by atoms with van der Waals surface area (Å²) >= 11 is 0. The first-order valence-electron chi connectivity index (χ1n) is 6.48. The Kier molecular flexibility index (Phi) is 4.00. The molecule has 2 aromatic rings. The lowest BCUT2D eigenvalue weighted by molar-refractivity contribution is 0.671. The average molecular weight is 256 g/mol. The van der Waals surface area contributed by atoms with Gasteiger partial charge in [-0.1, -0.05) is 30.3 Å². The molecule has 0 radical (unpaired) electrons. The third-order valence-corrected chi connectivity index (χ3v) is 2.97. The predicted octanol–water partition coefficient (Wildman–Crippen LogP) is 2.78. The molecule has 2 rings (SSSR count). The third kappa shape index (κ3) is 3.44. The van der Waals surface area contributed by atoms with E-state index in [9.17, 15) is 0 Å². The summed E-state index contributed by atoms with van der Waals surface area (Å²) in [5.74, 6) is 1.21. The van der Waals surface area contributed by atoms with Crippen LogP contribution in [0.4, 0.5) is 11.8 Å². The molecule has 100 valence electrons. The van der Waals surface area contributed by atoms with Gasteiger partial charge in [-0.2, -0.15) is 4.98 Å². The van der Waals surface area contributed by atoms with Crippen LogP contribution in [-0.4, -0.2) is 16.0 Å². The smallest absolute Gasteiger partial charge is 0.222 e. The number of nitrogens with zero attached hydrogens (tertiary/aromatic N) is 3. The SMILES string of the molecule is Cc1cc(N(Cc2ccccc2)C(C)C)nc(N)n1. The van der Waals surface area contributed by atoms with Crippen LogP contribution < -0.4 is 10.6 Å². The molecule has 0 aliphatic carbocycles. The third-order valence-electron chi connectivity index (χ3n) is 2.97. The summed E-state index contributed by atoms with van der Waals surface area (Å²) in [4.78, 5) is 10.7. The number of hydrogen-bond donors (Lipinski definition) is 1. The van der Waals surface area contributed by atoms with Gasteiger partial charge >= 0.3 is 0 Å². The van der Waals surface area contributed by atoms with Gasteiger partial charge < -0.3 is 10.6 Å². The molecule has 19 heavy (non-hydrogen) atoms. The van der Waals surface area contributed by atoms with E-state index < -0.39 is 0 Å². The van der Waals surface area contributed by atoms with Crippen LogP contribution >= 0.6 is 0 Å². The number of aryl methyl sites for hydroxylation is 1. The van der Waals surface area contributed by atoms with Crippen LogP contribution in [0.2, 0.25) is 0 Å². The van der Waals surface area contributed by atoms with E-state index in [1.807, 2.05) is 31.2 Å². The summed E-state index contributed by atoms with van der Waals surface area (Å²) in [5.41, 5.74) is 7.89. The van der Waals surface area contributed by atoms with Gasteiger partial charge in [0.05, 0.1) is 0 Å². The lowest BCUT2D eigenvalue weighted by Crippen LogP contribution is -2.31. The molecule has 2 N–H and O–H groups in total. The molecule has 0 aliphatic heterocycles. The van der Waals surface area contributed by atoms with Crippen LogP contribution in [0.25, 0.3) is 0 Å². The highest BCUT2D eigenvalue weighted by Crippen LogP contribution is 2.19. The fourth-order valence-electron chi connectivity index (χ4n) is 2.03. The second kappa shape index (κ2) is 5.69. The molecule has 4 nitrogen and oxygen atoms in total. The Bertz CT molecular complexity index is 517. The topological polar surface area (TPSA) is 55.0 Å². The van der Waals surface area contributed by atoms with Gasteiger partial charge in [0, 0.05) is 24.3 Å². The van der Waals surface area contributed by atoms with Gasteiger partial charge in [-0.05, 0) is 26.3 Å². The zero-order chi connectivity index (χ0) is 13.8. The highest BCUT2D eigenvalue weighted by Gasteiger charge is 2.13. The normalized spacial score (nSPS) is 10.7. The summed E-state index contributed by atoms with van der Waals surface area (Å²) in [6, 6.07) is 12.7. The van der Waals surface area contributed by atoms with Crippen molar-refractivity contribution in [3.63, 3.8) is 0 Å². The van der Waals surface area contributed by atoms with E-state index in [1.165, 1.54) is 5.56 Å². The second-order valence-electron chi connectivity index (χ2n) is 4.93. The molecule has 1 heterocycles. The highest BCUT2D eigenvalue weighted by atomic mass is 15.2. The first-order valence-corrected chi connectivity index (χ1v) is 6.48. The first-order chi connectivity index (χ1) is 9.06. The maximum Gasteiger partial charge on any atom is 0.222 e.